The maximum absolute atomic E-state index is 11.5. The topological polar surface area (TPSA) is 58.1 Å². The summed E-state index contributed by atoms with van der Waals surface area (Å²) in [5, 5.41) is 3.53. The van der Waals surface area contributed by atoms with E-state index in [1.807, 2.05) is 18.9 Å². The fraction of sp³-hybridized carbons (Fsp3) is 0.750. The van der Waals surface area contributed by atoms with Gasteiger partial charge in [-0.1, -0.05) is 20.8 Å². The van der Waals surface area contributed by atoms with Gasteiger partial charge in [0.05, 0.1) is 5.92 Å². The largest absolute Gasteiger partial charge is 0.359 e. The quantitative estimate of drug-likeness (QED) is 0.852. The lowest BCUT2D eigenvalue weighted by atomic mass is 10.1. The van der Waals surface area contributed by atoms with Crippen molar-refractivity contribution in [3.05, 3.63) is 5.82 Å². The van der Waals surface area contributed by atoms with Crippen LogP contribution in [0.1, 0.15) is 26.6 Å². The molecule has 1 unspecified atom stereocenters. The van der Waals surface area contributed by atoms with Gasteiger partial charge in [-0.25, -0.2) is 4.98 Å². The molecule has 1 aromatic heterocycles. The fourth-order valence-corrected chi connectivity index (χ4v) is 2.33. The molecule has 0 aromatic carbocycles. The molecule has 18 heavy (non-hydrogen) atoms. The van der Waals surface area contributed by atoms with Crippen molar-refractivity contribution in [1.82, 2.24) is 14.7 Å². The Kier molecular flexibility index (Phi) is 5.53. The first kappa shape index (κ1) is 14.9. The van der Waals surface area contributed by atoms with Gasteiger partial charge < -0.3 is 10.2 Å². The first-order chi connectivity index (χ1) is 8.43. The number of nitrogens with zero attached hydrogens (tertiary/aromatic N) is 3. The normalized spacial score (nSPS) is 12.6. The fourth-order valence-electron chi connectivity index (χ4n) is 1.67. The average molecular weight is 270 g/mol. The summed E-state index contributed by atoms with van der Waals surface area (Å²) in [5.41, 5.74) is 0. The lowest BCUT2D eigenvalue weighted by Gasteiger charge is -2.19. The van der Waals surface area contributed by atoms with Crippen LogP contribution in [0.25, 0.3) is 0 Å². The van der Waals surface area contributed by atoms with Crippen LogP contribution in [-0.2, 0) is 11.2 Å². The highest BCUT2D eigenvalue weighted by atomic mass is 32.1. The molecule has 0 aliphatic carbocycles. The summed E-state index contributed by atoms with van der Waals surface area (Å²) in [6.07, 6.45) is 0.898. The van der Waals surface area contributed by atoms with Gasteiger partial charge in [-0.3, -0.25) is 4.79 Å². The molecule has 1 N–H and O–H groups in total. The van der Waals surface area contributed by atoms with Crippen LogP contribution in [0.2, 0.25) is 0 Å². The lowest BCUT2D eigenvalue weighted by Crippen LogP contribution is -2.34. The predicted octanol–water partition coefficient (Wildman–Crippen LogP) is 1.55. The maximum atomic E-state index is 11.5. The second-order valence-corrected chi connectivity index (χ2v) is 5.72. The van der Waals surface area contributed by atoms with Crippen LogP contribution in [0.3, 0.4) is 0 Å². The lowest BCUT2D eigenvalue weighted by molar-refractivity contribution is -0.123. The van der Waals surface area contributed by atoms with Gasteiger partial charge in [-0.2, -0.15) is 4.37 Å². The minimum atomic E-state index is -0.0579. The van der Waals surface area contributed by atoms with Gasteiger partial charge in [0.15, 0.2) is 0 Å². The van der Waals surface area contributed by atoms with E-state index in [0.717, 1.165) is 17.4 Å². The van der Waals surface area contributed by atoms with E-state index >= 15 is 0 Å². The number of anilines is 1. The molecule has 1 heterocycles. The molecule has 0 radical (unpaired) electrons. The molecule has 1 amide bonds. The minimum Gasteiger partial charge on any atom is -0.359 e. The van der Waals surface area contributed by atoms with Crippen LogP contribution >= 0.6 is 11.5 Å². The summed E-state index contributed by atoms with van der Waals surface area (Å²) in [6, 6.07) is 0. The summed E-state index contributed by atoms with van der Waals surface area (Å²) in [5.74, 6) is 1.44. The molecule has 0 fully saturated rings. The van der Waals surface area contributed by atoms with E-state index in [1.165, 1.54) is 11.5 Å². The number of carbonyl (C=O) groups is 1. The van der Waals surface area contributed by atoms with E-state index in [1.54, 1.807) is 7.05 Å². The Hall–Kier alpha value is -1.17. The van der Waals surface area contributed by atoms with Crippen molar-refractivity contribution in [3.8, 4) is 0 Å². The Bertz CT molecular complexity index is 391. The molecule has 0 saturated heterocycles. The molecular formula is C12H22N4OS. The van der Waals surface area contributed by atoms with Crippen molar-refractivity contribution in [2.45, 2.75) is 27.2 Å². The molecule has 0 spiro atoms. The van der Waals surface area contributed by atoms with Crippen LogP contribution in [0.15, 0.2) is 0 Å². The van der Waals surface area contributed by atoms with Crippen LogP contribution in [0.4, 0.5) is 5.13 Å². The number of nitrogens with one attached hydrogen (secondary N) is 1. The molecule has 0 bridgehead atoms. The number of aromatic nitrogens is 2. The van der Waals surface area contributed by atoms with Crippen molar-refractivity contribution in [3.63, 3.8) is 0 Å². The summed E-state index contributed by atoms with van der Waals surface area (Å²) >= 11 is 1.39. The zero-order valence-electron chi connectivity index (χ0n) is 11.7. The zero-order chi connectivity index (χ0) is 13.7. The number of hydrogen-bond acceptors (Lipinski definition) is 5. The van der Waals surface area contributed by atoms with Crippen LogP contribution < -0.4 is 10.2 Å². The minimum absolute atomic E-state index is 0.0498. The maximum Gasteiger partial charge on any atom is 0.224 e. The monoisotopic (exact) mass is 270 g/mol. The Morgan fingerprint density at radius 1 is 1.44 bits per heavy atom. The molecule has 0 saturated carbocycles. The third kappa shape index (κ3) is 4.25. The van der Waals surface area contributed by atoms with Crippen LogP contribution in [0.5, 0.6) is 0 Å². The average Bonchev–Trinajstić information content (AvgIpc) is 2.75. The number of amides is 1. The van der Waals surface area contributed by atoms with E-state index in [2.05, 4.69) is 28.5 Å². The van der Waals surface area contributed by atoms with E-state index < -0.39 is 0 Å². The second kappa shape index (κ2) is 6.68. The SMILES string of the molecule is CNC(=O)C(C)CN(C)c1nc(CC(C)C)ns1. The Labute approximate surface area is 113 Å². The molecule has 1 rings (SSSR count). The van der Waals surface area contributed by atoms with Crippen molar-refractivity contribution < 1.29 is 4.79 Å². The molecule has 0 aliphatic rings. The van der Waals surface area contributed by atoms with E-state index in [0.29, 0.717) is 12.5 Å². The molecular weight excluding hydrogens is 248 g/mol. The smallest absolute Gasteiger partial charge is 0.224 e. The van der Waals surface area contributed by atoms with Crippen LogP contribution in [0, 0.1) is 11.8 Å². The van der Waals surface area contributed by atoms with Crippen molar-refractivity contribution in [2.75, 3.05) is 25.5 Å². The molecule has 102 valence electrons. The van der Waals surface area contributed by atoms with Gasteiger partial charge in [0, 0.05) is 38.6 Å². The van der Waals surface area contributed by atoms with E-state index in [-0.39, 0.29) is 11.8 Å². The highest BCUT2D eigenvalue weighted by molar-refractivity contribution is 7.09. The number of hydrogen-bond donors (Lipinski definition) is 1. The highest BCUT2D eigenvalue weighted by Crippen LogP contribution is 2.18. The summed E-state index contributed by atoms with van der Waals surface area (Å²) in [7, 11) is 3.60. The summed E-state index contributed by atoms with van der Waals surface area (Å²) < 4.78 is 4.34. The van der Waals surface area contributed by atoms with Crippen LogP contribution in [-0.4, -0.2) is 35.9 Å². The summed E-state index contributed by atoms with van der Waals surface area (Å²) in [6.45, 7) is 6.86. The van der Waals surface area contributed by atoms with Crippen molar-refractivity contribution in [2.24, 2.45) is 11.8 Å². The van der Waals surface area contributed by atoms with Crippen molar-refractivity contribution in [1.29, 1.82) is 0 Å². The van der Waals surface area contributed by atoms with Gasteiger partial charge >= 0.3 is 0 Å². The van der Waals surface area contributed by atoms with E-state index in [4.69, 9.17) is 0 Å². The third-order valence-electron chi connectivity index (χ3n) is 2.62. The third-order valence-corrected chi connectivity index (χ3v) is 3.48. The molecule has 6 heteroatoms. The van der Waals surface area contributed by atoms with Gasteiger partial charge in [0.1, 0.15) is 5.82 Å². The Morgan fingerprint density at radius 3 is 2.67 bits per heavy atom. The Balaban J connectivity index is 2.58. The van der Waals surface area contributed by atoms with Gasteiger partial charge in [0.2, 0.25) is 11.0 Å². The molecule has 1 atom stereocenters. The Morgan fingerprint density at radius 2 is 2.11 bits per heavy atom. The highest BCUT2D eigenvalue weighted by Gasteiger charge is 2.16. The van der Waals surface area contributed by atoms with Crippen molar-refractivity contribution >= 4 is 22.6 Å². The summed E-state index contributed by atoms with van der Waals surface area (Å²) in [4.78, 5) is 17.9. The second-order valence-electron chi connectivity index (χ2n) is 4.99. The predicted molar refractivity (Wildman–Crippen MR) is 75.0 cm³/mol. The molecule has 1 aromatic rings. The van der Waals surface area contributed by atoms with Gasteiger partial charge in [-0.15, -0.1) is 0 Å². The van der Waals surface area contributed by atoms with Gasteiger partial charge in [0.25, 0.3) is 0 Å². The van der Waals surface area contributed by atoms with E-state index in [9.17, 15) is 4.79 Å². The standard InChI is InChI=1S/C12H22N4OS/c1-8(2)6-10-14-12(18-15-10)16(5)7-9(3)11(17)13-4/h8-9H,6-7H2,1-5H3,(H,13,17). The first-order valence-electron chi connectivity index (χ1n) is 6.19. The number of carbonyl (C=O) groups excluding carboxylic acids is 1. The molecule has 0 aliphatic heterocycles. The first-order valence-corrected chi connectivity index (χ1v) is 6.96. The molecule has 5 nitrogen and oxygen atoms in total. The van der Waals surface area contributed by atoms with Gasteiger partial charge in [-0.05, 0) is 5.92 Å². The number of rotatable bonds is 6. The zero-order valence-corrected chi connectivity index (χ0v) is 12.5.